The van der Waals surface area contributed by atoms with E-state index in [0.717, 1.165) is 0 Å². The molecule has 0 amide bonds. The molecule has 0 bridgehead atoms. The van der Waals surface area contributed by atoms with Gasteiger partial charge in [0, 0.05) is 0 Å². The van der Waals surface area contributed by atoms with Crippen molar-refractivity contribution in [2.45, 2.75) is 13.8 Å². The first kappa shape index (κ1) is 11.2. The minimum Gasteiger partial charge on any atom is -0.433 e. The summed E-state index contributed by atoms with van der Waals surface area (Å²) in [6.45, 7) is 3.99. The molecule has 0 aromatic carbocycles. The normalized spacial score (nSPS) is 7.86. The summed E-state index contributed by atoms with van der Waals surface area (Å²) in [6, 6.07) is 0. The molecule has 36 valence electrons. The van der Waals surface area contributed by atoms with Gasteiger partial charge in [0.2, 0.25) is 0 Å². The molecule has 0 radical (unpaired) electrons. The molecule has 0 atom stereocenters. The van der Waals surface area contributed by atoms with Gasteiger partial charge in [0.25, 0.3) is 0 Å². The van der Waals surface area contributed by atoms with Crippen molar-refractivity contribution in [3.63, 3.8) is 0 Å². The molecular weight excluding hydrogens is 135 g/mol. The predicted molar refractivity (Wildman–Crippen MR) is 34.8 cm³/mol. The van der Waals surface area contributed by atoms with Crippen LogP contribution in [0.2, 0.25) is 0 Å². The molecule has 0 aliphatic rings. The van der Waals surface area contributed by atoms with Crippen LogP contribution in [0.1, 0.15) is 13.8 Å². The molecule has 3 heteroatoms. The van der Waals surface area contributed by atoms with Gasteiger partial charge in [0.1, 0.15) is 0 Å². The number of rotatable bonds is 1. The molecule has 0 nitrogen and oxygen atoms in total. The molecule has 0 aliphatic carbocycles. The third-order valence-electron chi connectivity index (χ3n) is 0.471. The molecule has 0 aromatic rings. The summed E-state index contributed by atoms with van der Waals surface area (Å²) in [5, 5.41) is 0. The molecule has 0 fully saturated rings. The minimum atomic E-state index is 0. The van der Waals surface area contributed by atoms with Crippen LogP contribution in [0.15, 0.2) is 0 Å². The Morgan fingerprint density at radius 2 is 1.71 bits per heavy atom. The van der Waals surface area contributed by atoms with E-state index in [1.54, 1.807) is 0 Å². The standard InChI is InChI=1S/C4H8S2.Na/c1-3(2)4(5)6;/h3H,1-2H3,(H,5,6);/q;+1/p-1. The summed E-state index contributed by atoms with van der Waals surface area (Å²) in [5.41, 5.74) is 0. The van der Waals surface area contributed by atoms with Gasteiger partial charge >= 0.3 is 29.6 Å². The smallest absolute Gasteiger partial charge is 0.433 e. The van der Waals surface area contributed by atoms with Gasteiger partial charge in [-0.05, 0) is 5.92 Å². The van der Waals surface area contributed by atoms with E-state index in [1.807, 2.05) is 13.8 Å². The molecule has 0 aromatic heterocycles. The zero-order valence-corrected chi connectivity index (χ0v) is 8.53. The van der Waals surface area contributed by atoms with Crippen LogP contribution in [0, 0.1) is 5.92 Å². The maximum Gasteiger partial charge on any atom is 1.00 e. The summed E-state index contributed by atoms with van der Waals surface area (Å²) in [6.07, 6.45) is 0. The van der Waals surface area contributed by atoms with E-state index in [0.29, 0.717) is 10.1 Å². The van der Waals surface area contributed by atoms with Crippen molar-refractivity contribution in [2.24, 2.45) is 5.92 Å². The molecule has 0 rings (SSSR count). The van der Waals surface area contributed by atoms with Crippen LogP contribution in [0.25, 0.3) is 0 Å². The molecular formula is C4H7NaS2. The summed E-state index contributed by atoms with van der Waals surface area (Å²) in [4.78, 5) is 0. The summed E-state index contributed by atoms with van der Waals surface area (Å²) < 4.78 is 0.676. The van der Waals surface area contributed by atoms with E-state index >= 15 is 0 Å². The fraction of sp³-hybridized carbons (Fsp3) is 0.750. The molecule has 0 saturated carbocycles. The zero-order chi connectivity index (χ0) is 5.15. The maximum absolute atomic E-state index is 4.63. The molecule has 7 heavy (non-hydrogen) atoms. The Morgan fingerprint density at radius 3 is 1.71 bits per heavy atom. The monoisotopic (exact) mass is 142 g/mol. The average molecular weight is 142 g/mol. The fourth-order valence-electron chi connectivity index (χ4n) is 0. The molecule has 0 saturated heterocycles. The Morgan fingerprint density at radius 1 is 1.57 bits per heavy atom. The van der Waals surface area contributed by atoms with Gasteiger partial charge in [-0.1, -0.05) is 13.8 Å². The van der Waals surface area contributed by atoms with E-state index in [2.05, 4.69) is 24.8 Å². The maximum atomic E-state index is 4.63. The topological polar surface area (TPSA) is 0 Å². The van der Waals surface area contributed by atoms with Crippen molar-refractivity contribution >= 4 is 29.0 Å². The van der Waals surface area contributed by atoms with Crippen molar-refractivity contribution in [1.29, 1.82) is 0 Å². The first-order chi connectivity index (χ1) is 2.64. The van der Waals surface area contributed by atoms with E-state index in [1.165, 1.54) is 0 Å². The van der Waals surface area contributed by atoms with Crippen LogP contribution < -0.4 is 29.6 Å². The van der Waals surface area contributed by atoms with Gasteiger partial charge in [-0.15, -0.1) is 4.20 Å². The third kappa shape index (κ3) is 7.31. The van der Waals surface area contributed by atoms with E-state index < -0.39 is 0 Å². The SMILES string of the molecule is CC(C)C(=S)[S-].[Na+]. The molecule has 0 N–H and O–H groups in total. The second-order valence-corrected chi connectivity index (χ2v) is 2.61. The Hall–Kier alpha value is 1.31. The van der Waals surface area contributed by atoms with Crippen molar-refractivity contribution in [3.05, 3.63) is 0 Å². The molecule has 0 heterocycles. The number of hydrogen-bond acceptors (Lipinski definition) is 2. The minimum absolute atomic E-state index is 0. The molecule has 0 aliphatic heterocycles. The number of hydrogen-bond donors (Lipinski definition) is 0. The second kappa shape index (κ2) is 5.45. The quantitative estimate of drug-likeness (QED) is 0.249. The predicted octanol–water partition coefficient (Wildman–Crippen LogP) is -1.48. The first-order valence-corrected chi connectivity index (χ1v) is 2.67. The Labute approximate surface area is 77.8 Å². The van der Waals surface area contributed by atoms with Crippen molar-refractivity contribution in [1.82, 2.24) is 0 Å². The summed E-state index contributed by atoms with van der Waals surface area (Å²) in [7, 11) is 0. The second-order valence-electron chi connectivity index (χ2n) is 1.47. The van der Waals surface area contributed by atoms with E-state index in [4.69, 9.17) is 0 Å². The van der Waals surface area contributed by atoms with Crippen LogP contribution >= 0.6 is 12.2 Å². The van der Waals surface area contributed by atoms with Gasteiger partial charge in [-0.2, -0.15) is 0 Å². The van der Waals surface area contributed by atoms with Gasteiger partial charge in [-0.3, -0.25) is 0 Å². The molecule has 0 spiro atoms. The largest absolute Gasteiger partial charge is 1.00 e. The zero-order valence-electron chi connectivity index (χ0n) is 4.89. The van der Waals surface area contributed by atoms with Crippen LogP contribution in [0.4, 0.5) is 0 Å². The van der Waals surface area contributed by atoms with Crippen molar-refractivity contribution < 1.29 is 29.6 Å². The Kier molecular flexibility index (Phi) is 8.68. The summed E-state index contributed by atoms with van der Waals surface area (Å²) in [5.74, 6) is 0.398. The van der Waals surface area contributed by atoms with Crippen LogP contribution in [0.3, 0.4) is 0 Å². The van der Waals surface area contributed by atoms with Gasteiger partial charge in [-0.25, -0.2) is 0 Å². The van der Waals surface area contributed by atoms with Crippen LogP contribution in [-0.2, 0) is 12.6 Å². The van der Waals surface area contributed by atoms with E-state index in [-0.39, 0.29) is 29.6 Å². The Bertz CT molecular complexity index is 60.7. The summed E-state index contributed by atoms with van der Waals surface area (Å²) >= 11 is 9.27. The van der Waals surface area contributed by atoms with Gasteiger partial charge in [0.05, 0.1) is 0 Å². The molecule has 0 unspecified atom stereocenters. The van der Waals surface area contributed by atoms with Crippen molar-refractivity contribution in [2.75, 3.05) is 0 Å². The van der Waals surface area contributed by atoms with Crippen LogP contribution in [0.5, 0.6) is 0 Å². The first-order valence-electron chi connectivity index (χ1n) is 1.85. The fourth-order valence-corrected chi connectivity index (χ4v) is 0. The number of thiocarbonyl (C=S) groups is 1. The third-order valence-corrected chi connectivity index (χ3v) is 1.41. The van der Waals surface area contributed by atoms with Gasteiger partial charge < -0.3 is 24.8 Å². The van der Waals surface area contributed by atoms with E-state index in [9.17, 15) is 0 Å². The van der Waals surface area contributed by atoms with Crippen molar-refractivity contribution in [3.8, 4) is 0 Å². The average Bonchev–Trinajstić information content (AvgIpc) is 1.36. The Balaban J connectivity index is 0. The van der Waals surface area contributed by atoms with Crippen LogP contribution in [-0.4, -0.2) is 4.20 Å². The van der Waals surface area contributed by atoms with Gasteiger partial charge in [0.15, 0.2) is 0 Å².